The van der Waals surface area contributed by atoms with E-state index in [1.807, 2.05) is 6.08 Å². The van der Waals surface area contributed by atoms with Crippen molar-refractivity contribution >= 4 is 0 Å². The molecule has 0 unspecified atom stereocenters. The second kappa shape index (κ2) is 9.40. The van der Waals surface area contributed by atoms with E-state index in [0.717, 1.165) is 38.9 Å². The molecule has 0 saturated carbocycles. The van der Waals surface area contributed by atoms with Crippen molar-refractivity contribution in [2.45, 2.75) is 37.9 Å². The molecule has 0 aromatic heterocycles. The minimum absolute atomic E-state index is 0.0763. The van der Waals surface area contributed by atoms with Crippen molar-refractivity contribution < 1.29 is 14.2 Å². The monoisotopic (exact) mass is 240 g/mol. The molecule has 1 aliphatic rings. The van der Waals surface area contributed by atoms with Crippen LogP contribution in [0.3, 0.4) is 0 Å². The summed E-state index contributed by atoms with van der Waals surface area (Å²) in [4.78, 5) is 0. The van der Waals surface area contributed by atoms with Gasteiger partial charge in [-0.2, -0.15) is 0 Å². The number of allylic oxidation sites excluding steroid dienone is 1. The molecule has 0 radical (unpaired) electrons. The number of hydrogen-bond donors (Lipinski definition) is 0. The molecule has 0 aliphatic carbocycles. The van der Waals surface area contributed by atoms with Gasteiger partial charge in [0.05, 0.1) is 19.3 Å². The molecular formula is C14H24O3. The SMILES string of the molecule is C=CCCCO[C@H]1CCCO[C@@H]1COCC=C. The van der Waals surface area contributed by atoms with Gasteiger partial charge in [-0.15, -0.1) is 13.2 Å². The molecule has 0 N–H and O–H groups in total. The van der Waals surface area contributed by atoms with Gasteiger partial charge in [-0.05, 0) is 25.7 Å². The van der Waals surface area contributed by atoms with E-state index in [-0.39, 0.29) is 12.2 Å². The molecule has 3 nitrogen and oxygen atoms in total. The van der Waals surface area contributed by atoms with Crippen LogP contribution in [-0.4, -0.2) is 38.6 Å². The first-order valence-corrected chi connectivity index (χ1v) is 6.41. The van der Waals surface area contributed by atoms with Gasteiger partial charge in [-0.25, -0.2) is 0 Å². The average Bonchev–Trinajstić information content (AvgIpc) is 2.36. The Hall–Kier alpha value is -0.640. The van der Waals surface area contributed by atoms with Crippen LogP contribution in [0.15, 0.2) is 25.3 Å². The van der Waals surface area contributed by atoms with Gasteiger partial charge in [0.1, 0.15) is 6.10 Å². The van der Waals surface area contributed by atoms with Crippen molar-refractivity contribution in [2.24, 2.45) is 0 Å². The Morgan fingerprint density at radius 1 is 1.29 bits per heavy atom. The topological polar surface area (TPSA) is 27.7 Å². The molecule has 2 atom stereocenters. The third kappa shape index (κ3) is 6.01. The molecule has 0 bridgehead atoms. The summed E-state index contributed by atoms with van der Waals surface area (Å²) in [7, 11) is 0. The predicted octanol–water partition coefficient (Wildman–Crippen LogP) is 2.72. The molecule has 0 aromatic rings. The number of hydrogen-bond acceptors (Lipinski definition) is 3. The summed E-state index contributed by atoms with van der Waals surface area (Å²) in [5.41, 5.74) is 0. The summed E-state index contributed by atoms with van der Waals surface area (Å²) in [6.07, 6.45) is 8.10. The van der Waals surface area contributed by atoms with Crippen LogP contribution in [-0.2, 0) is 14.2 Å². The van der Waals surface area contributed by atoms with Crippen LogP contribution in [0.1, 0.15) is 25.7 Å². The van der Waals surface area contributed by atoms with E-state index in [2.05, 4.69) is 13.2 Å². The molecule has 17 heavy (non-hydrogen) atoms. The first-order valence-electron chi connectivity index (χ1n) is 6.41. The highest BCUT2D eigenvalue weighted by atomic mass is 16.6. The molecule has 1 rings (SSSR count). The first kappa shape index (κ1) is 14.4. The molecule has 1 saturated heterocycles. The summed E-state index contributed by atoms with van der Waals surface area (Å²) < 4.78 is 17.0. The van der Waals surface area contributed by atoms with Crippen LogP contribution >= 0.6 is 0 Å². The number of unbranched alkanes of at least 4 members (excludes halogenated alkanes) is 1. The highest BCUT2D eigenvalue weighted by Gasteiger charge is 2.26. The van der Waals surface area contributed by atoms with Gasteiger partial charge in [0.2, 0.25) is 0 Å². The molecule has 0 amide bonds. The largest absolute Gasteiger partial charge is 0.375 e. The maximum absolute atomic E-state index is 5.85. The van der Waals surface area contributed by atoms with Crippen LogP contribution < -0.4 is 0 Å². The second-order valence-corrected chi connectivity index (χ2v) is 4.22. The van der Waals surface area contributed by atoms with E-state index < -0.39 is 0 Å². The summed E-state index contributed by atoms with van der Waals surface area (Å²) in [5, 5.41) is 0. The van der Waals surface area contributed by atoms with Gasteiger partial charge in [-0.3, -0.25) is 0 Å². The van der Waals surface area contributed by atoms with Crippen molar-refractivity contribution in [3.8, 4) is 0 Å². The zero-order valence-electron chi connectivity index (χ0n) is 10.6. The van der Waals surface area contributed by atoms with Crippen molar-refractivity contribution in [3.05, 3.63) is 25.3 Å². The maximum atomic E-state index is 5.85. The Bertz CT molecular complexity index is 216. The lowest BCUT2D eigenvalue weighted by Crippen LogP contribution is -2.39. The van der Waals surface area contributed by atoms with Crippen molar-refractivity contribution in [1.29, 1.82) is 0 Å². The summed E-state index contributed by atoms with van der Waals surface area (Å²) in [6.45, 7) is 10.1. The van der Waals surface area contributed by atoms with Gasteiger partial charge in [-0.1, -0.05) is 12.2 Å². The molecule has 0 aromatic carbocycles. The van der Waals surface area contributed by atoms with Gasteiger partial charge in [0.25, 0.3) is 0 Å². The van der Waals surface area contributed by atoms with Crippen molar-refractivity contribution in [3.63, 3.8) is 0 Å². The van der Waals surface area contributed by atoms with Gasteiger partial charge in [0.15, 0.2) is 0 Å². The zero-order chi connectivity index (χ0) is 12.3. The third-order valence-electron chi connectivity index (χ3n) is 2.78. The van der Waals surface area contributed by atoms with E-state index in [1.54, 1.807) is 6.08 Å². The highest BCUT2D eigenvalue weighted by molar-refractivity contribution is 4.76. The molecule has 0 spiro atoms. The summed E-state index contributed by atoms with van der Waals surface area (Å²) in [5.74, 6) is 0. The summed E-state index contributed by atoms with van der Waals surface area (Å²) in [6, 6.07) is 0. The predicted molar refractivity (Wildman–Crippen MR) is 69.2 cm³/mol. The zero-order valence-corrected chi connectivity index (χ0v) is 10.6. The van der Waals surface area contributed by atoms with E-state index in [9.17, 15) is 0 Å². The fourth-order valence-electron chi connectivity index (χ4n) is 1.89. The molecule has 1 heterocycles. The lowest BCUT2D eigenvalue weighted by Gasteiger charge is -2.31. The Kier molecular flexibility index (Phi) is 7.97. The molecule has 1 aliphatic heterocycles. The fourth-order valence-corrected chi connectivity index (χ4v) is 1.89. The Morgan fingerprint density at radius 2 is 2.18 bits per heavy atom. The smallest absolute Gasteiger partial charge is 0.107 e. The maximum Gasteiger partial charge on any atom is 0.107 e. The normalized spacial score (nSPS) is 24.5. The van der Waals surface area contributed by atoms with Crippen LogP contribution in [0.4, 0.5) is 0 Å². The van der Waals surface area contributed by atoms with E-state index in [0.29, 0.717) is 13.2 Å². The molecule has 1 fully saturated rings. The lowest BCUT2D eigenvalue weighted by atomic mass is 10.1. The van der Waals surface area contributed by atoms with E-state index in [1.165, 1.54) is 0 Å². The lowest BCUT2D eigenvalue weighted by molar-refractivity contribution is -0.129. The highest BCUT2D eigenvalue weighted by Crippen LogP contribution is 2.18. The van der Waals surface area contributed by atoms with E-state index >= 15 is 0 Å². The van der Waals surface area contributed by atoms with Crippen LogP contribution in [0.5, 0.6) is 0 Å². The standard InChI is InChI=1S/C14H24O3/c1-3-5-6-10-16-13-8-7-11-17-14(13)12-15-9-4-2/h3-4,13-14H,1-2,5-12H2/t13-,14+/m0/s1. The number of rotatable bonds is 9. The van der Waals surface area contributed by atoms with Crippen LogP contribution in [0.2, 0.25) is 0 Å². The van der Waals surface area contributed by atoms with Crippen molar-refractivity contribution in [1.82, 2.24) is 0 Å². The third-order valence-corrected chi connectivity index (χ3v) is 2.78. The minimum atomic E-state index is 0.0763. The average molecular weight is 240 g/mol. The fraction of sp³-hybridized carbons (Fsp3) is 0.714. The molecule has 98 valence electrons. The van der Waals surface area contributed by atoms with Gasteiger partial charge >= 0.3 is 0 Å². The molecular weight excluding hydrogens is 216 g/mol. The Morgan fingerprint density at radius 3 is 2.94 bits per heavy atom. The van der Waals surface area contributed by atoms with Crippen LogP contribution in [0.25, 0.3) is 0 Å². The molecule has 3 heteroatoms. The second-order valence-electron chi connectivity index (χ2n) is 4.22. The van der Waals surface area contributed by atoms with Crippen molar-refractivity contribution in [2.75, 3.05) is 26.4 Å². The van der Waals surface area contributed by atoms with Crippen LogP contribution in [0, 0.1) is 0 Å². The minimum Gasteiger partial charge on any atom is -0.375 e. The van der Waals surface area contributed by atoms with E-state index in [4.69, 9.17) is 14.2 Å². The number of ether oxygens (including phenoxy) is 3. The quantitative estimate of drug-likeness (QED) is 0.458. The first-order chi connectivity index (χ1) is 8.38. The Labute approximate surface area is 104 Å². The van der Waals surface area contributed by atoms with Gasteiger partial charge in [0, 0.05) is 13.2 Å². The Balaban J connectivity index is 2.21. The summed E-state index contributed by atoms with van der Waals surface area (Å²) >= 11 is 0. The van der Waals surface area contributed by atoms with Gasteiger partial charge < -0.3 is 14.2 Å².